The van der Waals surface area contributed by atoms with Crippen molar-refractivity contribution in [1.29, 1.82) is 5.26 Å². The minimum absolute atomic E-state index is 0.165. The van der Waals surface area contributed by atoms with Crippen LogP contribution in [0, 0.1) is 11.3 Å². The molecule has 3 heteroatoms. The van der Waals surface area contributed by atoms with Crippen LogP contribution in [-0.2, 0) is 6.42 Å². The van der Waals surface area contributed by atoms with E-state index in [-0.39, 0.29) is 5.54 Å². The molecule has 3 nitrogen and oxygen atoms in total. The van der Waals surface area contributed by atoms with Crippen molar-refractivity contribution >= 4 is 5.69 Å². The average Bonchev–Trinajstić information content (AvgIpc) is 2.26. The summed E-state index contributed by atoms with van der Waals surface area (Å²) in [5, 5.41) is 15.3. The van der Waals surface area contributed by atoms with E-state index in [1.54, 1.807) is 0 Å². The highest BCUT2D eigenvalue weighted by molar-refractivity contribution is 5.44. The van der Waals surface area contributed by atoms with Gasteiger partial charge in [-0.1, -0.05) is 12.1 Å². The number of benzene rings is 1. The van der Waals surface area contributed by atoms with Gasteiger partial charge in [0.05, 0.1) is 12.5 Å². The predicted molar refractivity (Wildman–Crippen MR) is 72.0 cm³/mol. The first kappa shape index (κ1) is 13.5. The highest BCUT2D eigenvalue weighted by Crippen LogP contribution is 2.09. The highest BCUT2D eigenvalue weighted by atomic mass is 15.0. The van der Waals surface area contributed by atoms with Crippen LogP contribution in [-0.4, -0.2) is 18.6 Å². The summed E-state index contributed by atoms with van der Waals surface area (Å²) >= 11 is 0. The summed E-state index contributed by atoms with van der Waals surface area (Å²) in [7, 11) is 0. The quantitative estimate of drug-likeness (QED) is 0.766. The second kappa shape index (κ2) is 6.27. The first-order valence-electron chi connectivity index (χ1n) is 5.96. The molecule has 0 aliphatic rings. The van der Waals surface area contributed by atoms with E-state index in [1.807, 2.05) is 24.3 Å². The zero-order chi connectivity index (χ0) is 12.7. The van der Waals surface area contributed by atoms with Crippen molar-refractivity contribution in [2.75, 3.05) is 18.4 Å². The van der Waals surface area contributed by atoms with Crippen molar-refractivity contribution in [3.63, 3.8) is 0 Å². The van der Waals surface area contributed by atoms with E-state index in [0.717, 1.165) is 24.3 Å². The Kier molecular flexibility index (Phi) is 4.99. The fraction of sp³-hybridized carbons (Fsp3) is 0.500. The lowest BCUT2D eigenvalue weighted by Gasteiger charge is -2.20. The van der Waals surface area contributed by atoms with Gasteiger partial charge in [0.2, 0.25) is 0 Å². The summed E-state index contributed by atoms with van der Waals surface area (Å²) in [4.78, 5) is 0. The van der Waals surface area contributed by atoms with Gasteiger partial charge in [0.1, 0.15) is 0 Å². The molecule has 0 aliphatic carbocycles. The Morgan fingerprint density at radius 3 is 2.29 bits per heavy atom. The molecule has 0 aliphatic heterocycles. The maximum absolute atomic E-state index is 8.56. The van der Waals surface area contributed by atoms with Gasteiger partial charge in [-0.05, 0) is 38.5 Å². The Labute approximate surface area is 104 Å². The molecule has 0 heterocycles. The van der Waals surface area contributed by atoms with Crippen LogP contribution in [0.25, 0.3) is 0 Å². The third-order valence-corrected chi connectivity index (χ3v) is 2.35. The molecule has 0 amide bonds. The normalized spacial score (nSPS) is 10.9. The number of anilines is 1. The zero-order valence-electron chi connectivity index (χ0n) is 10.9. The van der Waals surface area contributed by atoms with Gasteiger partial charge >= 0.3 is 0 Å². The van der Waals surface area contributed by atoms with Crippen LogP contribution in [0.2, 0.25) is 0 Å². The monoisotopic (exact) mass is 231 g/mol. The van der Waals surface area contributed by atoms with Gasteiger partial charge in [0.15, 0.2) is 0 Å². The summed E-state index contributed by atoms with van der Waals surface area (Å²) in [6, 6.07) is 10.2. The minimum Gasteiger partial charge on any atom is -0.384 e. The largest absolute Gasteiger partial charge is 0.384 e. The van der Waals surface area contributed by atoms with Gasteiger partial charge in [-0.25, -0.2) is 0 Å². The number of hydrogen-bond donors (Lipinski definition) is 2. The first-order valence-corrected chi connectivity index (χ1v) is 5.96. The van der Waals surface area contributed by atoms with Crippen LogP contribution in [0.3, 0.4) is 0 Å². The van der Waals surface area contributed by atoms with Crippen molar-refractivity contribution in [2.24, 2.45) is 0 Å². The van der Waals surface area contributed by atoms with E-state index in [4.69, 9.17) is 5.26 Å². The molecule has 0 radical (unpaired) electrons. The minimum atomic E-state index is 0.165. The van der Waals surface area contributed by atoms with Crippen LogP contribution >= 0.6 is 0 Å². The maximum atomic E-state index is 8.56. The van der Waals surface area contributed by atoms with Crippen molar-refractivity contribution in [2.45, 2.75) is 32.7 Å². The van der Waals surface area contributed by atoms with Crippen LogP contribution in [0.15, 0.2) is 24.3 Å². The third-order valence-electron chi connectivity index (χ3n) is 2.35. The van der Waals surface area contributed by atoms with E-state index in [1.165, 1.54) is 0 Å². The maximum Gasteiger partial charge on any atom is 0.0669 e. The standard InChI is InChI=1S/C14H21N3/c1-14(2,3)17-11-10-16-13-6-4-12(5-7-13)8-9-15/h4-7,16-17H,8,10-11H2,1-3H3. The molecule has 0 spiro atoms. The zero-order valence-corrected chi connectivity index (χ0v) is 10.9. The van der Waals surface area contributed by atoms with E-state index in [2.05, 4.69) is 37.5 Å². The predicted octanol–water partition coefficient (Wildman–Crippen LogP) is 2.55. The summed E-state index contributed by atoms with van der Waals surface area (Å²) in [6.07, 6.45) is 0.478. The molecule has 0 saturated carbocycles. The number of hydrogen-bond acceptors (Lipinski definition) is 3. The van der Waals surface area contributed by atoms with E-state index in [9.17, 15) is 0 Å². The molecule has 92 valence electrons. The molecule has 1 rings (SSSR count). The molecule has 0 aromatic heterocycles. The highest BCUT2D eigenvalue weighted by Gasteiger charge is 2.06. The van der Waals surface area contributed by atoms with Crippen molar-refractivity contribution in [1.82, 2.24) is 5.32 Å². The molecule has 2 N–H and O–H groups in total. The van der Waals surface area contributed by atoms with Crippen LogP contribution in [0.1, 0.15) is 26.3 Å². The molecule has 0 unspecified atom stereocenters. The van der Waals surface area contributed by atoms with Crippen molar-refractivity contribution in [3.05, 3.63) is 29.8 Å². The summed E-state index contributed by atoms with van der Waals surface area (Å²) in [5.74, 6) is 0. The lowest BCUT2D eigenvalue weighted by Crippen LogP contribution is -2.38. The second-order valence-corrected chi connectivity index (χ2v) is 5.14. The lowest BCUT2D eigenvalue weighted by molar-refractivity contribution is 0.435. The Morgan fingerprint density at radius 1 is 1.12 bits per heavy atom. The molecule has 1 aromatic rings. The molecule has 1 aromatic carbocycles. The summed E-state index contributed by atoms with van der Waals surface area (Å²) in [5.41, 5.74) is 2.33. The lowest BCUT2D eigenvalue weighted by atomic mass is 10.1. The van der Waals surface area contributed by atoms with Gasteiger partial charge in [-0.15, -0.1) is 0 Å². The van der Waals surface area contributed by atoms with Gasteiger partial charge in [0, 0.05) is 24.3 Å². The molecule has 17 heavy (non-hydrogen) atoms. The van der Waals surface area contributed by atoms with Gasteiger partial charge in [-0.2, -0.15) is 5.26 Å². The van der Waals surface area contributed by atoms with Crippen molar-refractivity contribution in [3.8, 4) is 6.07 Å². The first-order chi connectivity index (χ1) is 8.01. The smallest absolute Gasteiger partial charge is 0.0669 e. The van der Waals surface area contributed by atoms with Gasteiger partial charge < -0.3 is 10.6 Å². The Morgan fingerprint density at radius 2 is 1.76 bits per heavy atom. The van der Waals surface area contributed by atoms with E-state index >= 15 is 0 Å². The SMILES string of the molecule is CC(C)(C)NCCNc1ccc(CC#N)cc1. The van der Waals surface area contributed by atoms with E-state index < -0.39 is 0 Å². The second-order valence-electron chi connectivity index (χ2n) is 5.14. The van der Waals surface area contributed by atoms with E-state index in [0.29, 0.717) is 6.42 Å². The number of nitriles is 1. The fourth-order valence-electron chi connectivity index (χ4n) is 1.48. The Bertz CT molecular complexity index is 368. The molecular formula is C14H21N3. The van der Waals surface area contributed by atoms with Crippen molar-refractivity contribution < 1.29 is 0 Å². The topological polar surface area (TPSA) is 47.8 Å². The number of rotatable bonds is 5. The molecule has 0 bridgehead atoms. The molecule has 0 fully saturated rings. The Hall–Kier alpha value is -1.53. The van der Waals surface area contributed by atoms with Gasteiger partial charge in [0.25, 0.3) is 0 Å². The number of nitrogens with zero attached hydrogens (tertiary/aromatic N) is 1. The molecular weight excluding hydrogens is 210 g/mol. The number of nitrogens with one attached hydrogen (secondary N) is 2. The Balaban J connectivity index is 2.30. The van der Waals surface area contributed by atoms with Crippen LogP contribution < -0.4 is 10.6 Å². The van der Waals surface area contributed by atoms with Crippen LogP contribution in [0.4, 0.5) is 5.69 Å². The third kappa shape index (κ3) is 5.94. The van der Waals surface area contributed by atoms with Gasteiger partial charge in [-0.3, -0.25) is 0 Å². The molecule has 0 atom stereocenters. The van der Waals surface area contributed by atoms with Crippen LogP contribution in [0.5, 0.6) is 0 Å². The summed E-state index contributed by atoms with van der Waals surface area (Å²) in [6.45, 7) is 8.30. The fourth-order valence-corrected chi connectivity index (χ4v) is 1.48. The summed E-state index contributed by atoms with van der Waals surface area (Å²) < 4.78 is 0. The average molecular weight is 231 g/mol. The molecule has 0 saturated heterocycles.